The van der Waals surface area contributed by atoms with E-state index in [4.69, 9.17) is 11.6 Å². The van der Waals surface area contributed by atoms with E-state index in [0.717, 1.165) is 42.6 Å². The van der Waals surface area contributed by atoms with Gasteiger partial charge in [0, 0.05) is 35.3 Å². The van der Waals surface area contributed by atoms with Gasteiger partial charge in [0.2, 0.25) is 0 Å². The van der Waals surface area contributed by atoms with E-state index in [1.54, 1.807) is 0 Å². The molecule has 0 aliphatic carbocycles. The molecule has 0 spiro atoms. The summed E-state index contributed by atoms with van der Waals surface area (Å²) in [6.07, 6.45) is 5.88. The zero-order valence-corrected chi connectivity index (χ0v) is 18.2. The molecule has 2 aromatic carbocycles. The van der Waals surface area contributed by atoms with Gasteiger partial charge in [0.25, 0.3) is 0 Å². The minimum atomic E-state index is 0.175. The predicted octanol–water partition coefficient (Wildman–Crippen LogP) is 6.97. The molecule has 0 atom stereocenters. The van der Waals surface area contributed by atoms with Crippen LogP contribution in [-0.2, 0) is 13.0 Å². The van der Waals surface area contributed by atoms with E-state index < -0.39 is 0 Å². The maximum absolute atomic E-state index is 13.2. The minimum Gasteiger partial charge on any atom is -0.325 e. The summed E-state index contributed by atoms with van der Waals surface area (Å²) in [6.45, 7) is 5.02. The molecule has 1 aliphatic heterocycles. The summed E-state index contributed by atoms with van der Waals surface area (Å²) in [5, 5.41) is 0.711. The van der Waals surface area contributed by atoms with Gasteiger partial charge in [-0.15, -0.1) is 0 Å². The molecule has 5 rings (SSSR count). The highest BCUT2D eigenvalue weighted by atomic mass is 35.5. The molecule has 3 heterocycles. The molecule has 4 aromatic rings. The van der Waals surface area contributed by atoms with Crippen LogP contribution in [0.4, 0.5) is 0 Å². The van der Waals surface area contributed by atoms with E-state index in [1.165, 1.54) is 28.0 Å². The lowest BCUT2D eigenvalue weighted by Crippen LogP contribution is -2.03. The molecule has 152 valence electrons. The molecule has 0 saturated heterocycles. The molecule has 0 amide bonds. The molecule has 0 bridgehead atoms. The average Bonchev–Trinajstić information content (AvgIpc) is 3.17. The number of imidazole rings is 1. The maximum Gasteiger partial charge on any atom is 0.179 e. The first-order valence-electron chi connectivity index (χ1n) is 10.7. The van der Waals surface area contributed by atoms with Crippen LogP contribution >= 0.6 is 11.6 Å². The Morgan fingerprint density at radius 2 is 1.70 bits per heavy atom. The monoisotopic (exact) mass is 416 g/mol. The number of halogens is 1. The third-order valence-corrected chi connectivity index (χ3v) is 6.45. The quantitative estimate of drug-likeness (QED) is 0.330. The Labute approximate surface area is 181 Å². The van der Waals surface area contributed by atoms with Crippen LogP contribution < -0.4 is 0 Å². The highest BCUT2D eigenvalue weighted by Gasteiger charge is 2.28. The van der Waals surface area contributed by atoms with E-state index in [-0.39, 0.29) is 5.78 Å². The van der Waals surface area contributed by atoms with Crippen molar-refractivity contribution < 1.29 is 4.79 Å². The van der Waals surface area contributed by atoms with Crippen LogP contribution in [-0.4, -0.2) is 14.8 Å². The molecule has 4 heteroatoms. The van der Waals surface area contributed by atoms with Crippen LogP contribution in [0.3, 0.4) is 0 Å². The Kier molecular flexibility index (Phi) is 4.79. The molecule has 1 aliphatic rings. The summed E-state index contributed by atoms with van der Waals surface area (Å²) in [4.78, 5) is 13.2. The second-order valence-electron chi connectivity index (χ2n) is 8.17. The lowest BCUT2D eigenvalue weighted by atomic mass is 9.96. The van der Waals surface area contributed by atoms with E-state index in [1.807, 2.05) is 31.2 Å². The van der Waals surface area contributed by atoms with Crippen LogP contribution in [0.25, 0.3) is 28.0 Å². The van der Waals surface area contributed by atoms with Crippen molar-refractivity contribution in [1.29, 1.82) is 0 Å². The lowest BCUT2D eigenvalue weighted by molar-refractivity contribution is 0.0983. The van der Waals surface area contributed by atoms with Crippen LogP contribution in [0.2, 0.25) is 5.02 Å². The summed E-state index contributed by atoms with van der Waals surface area (Å²) in [5.74, 6) is 0.175. The second-order valence-corrected chi connectivity index (χ2v) is 8.60. The molecule has 0 radical (unpaired) electrons. The summed E-state index contributed by atoms with van der Waals surface area (Å²) in [7, 11) is 0. The van der Waals surface area contributed by atoms with E-state index >= 15 is 0 Å². The number of rotatable bonds is 4. The Balaban J connectivity index is 1.84. The van der Waals surface area contributed by atoms with Crippen molar-refractivity contribution >= 4 is 23.0 Å². The Morgan fingerprint density at radius 3 is 2.40 bits per heavy atom. The van der Waals surface area contributed by atoms with Crippen molar-refractivity contribution in [2.45, 2.75) is 46.1 Å². The number of carbonyl (C=O) groups excluding carboxylic acids is 1. The molecule has 2 aromatic heterocycles. The summed E-state index contributed by atoms with van der Waals surface area (Å²) in [6, 6.07) is 16.6. The number of carbonyl (C=O) groups is 1. The van der Waals surface area contributed by atoms with Crippen LogP contribution in [0.5, 0.6) is 0 Å². The van der Waals surface area contributed by atoms with Gasteiger partial charge in [-0.05, 0) is 49.4 Å². The Morgan fingerprint density at radius 1 is 1.00 bits per heavy atom. The highest BCUT2D eigenvalue weighted by molar-refractivity contribution is 6.30. The van der Waals surface area contributed by atoms with Crippen molar-refractivity contribution in [3.05, 3.63) is 76.6 Å². The van der Waals surface area contributed by atoms with Gasteiger partial charge < -0.3 is 4.57 Å². The fourth-order valence-electron chi connectivity index (χ4n) is 4.71. The topological polar surface area (TPSA) is 26.4 Å². The number of hydrogen-bond acceptors (Lipinski definition) is 1. The number of benzene rings is 2. The van der Waals surface area contributed by atoms with Gasteiger partial charge >= 0.3 is 0 Å². The van der Waals surface area contributed by atoms with Gasteiger partial charge in [-0.25, -0.2) is 0 Å². The third kappa shape index (κ3) is 3.00. The van der Waals surface area contributed by atoms with Gasteiger partial charge in [-0.2, -0.15) is 0 Å². The first-order chi connectivity index (χ1) is 14.6. The minimum absolute atomic E-state index is 0.175. The predicted molar refractivity (Wildman–Crippen MR) is 124 cm³/mol. The SMILES string of the molecule is CCC(=O)c1c(-c2ccc(Cl)cc2)c2c3n(c(-c4ccc(C)cc4)cn13)CCCC2. The van der Waals surface area contributed by atoms with E-state index in [2.05, 4.69) is 46.4 Å². The number of hydrogen-bond donors (Lipinski definition) is 0. The number of aromatic nitrogens is 2. The van der Waals surface area contributed by atoms with E-state index in [9.17, 15) is 4.79 Å². The van der Waals surface area contributed by atoms with Crippen LogP contribution in [0, 0.1) is 6.92 Å². The van der Waals surface area contributed by atoms with Crippen molar-refractivity contribution in [2.24, 2.45) is 0 Å². The fraction of sp³-hybridized carbons (Fsp3) is 0.269. The first kappa shape index (κ1) is 19.2. The number of Topliss-reactive ketones (excluding diaryl/α,β-unsaturated/α-hetero) is 1. The Hall–Kier alpha value is -2.78. The number of ketones is 1. The van der Waals surface area contributed by atoms with Crippen molar-refractivity contribution in [1.82, 2.24) is 8.97 Å². The third-order valence-electron chi connectivity index (χ3n) is 6.20. The van der Waals surface area contributed by atoms with Crippen molar-refractivity contribution in [3.63, 3.8) is 0 Å². The van der Waals surface area contributed by atoms with E-state index in [0.29, 0.717) is 11.4 Å². The summed E-state index contributed by atoms with van der Waals surface area (Å²) in [5.41, 5.74) is 9.04. The highest BCUT2D eigenvalue weighted by Crippen LogP contribution is 2.40. The molecule has 0 unspecified atom stereocenters. The normalized spacial score (nSPS) is 13.6. The molecule has 0 saturated carbocycles. The van der Waals surface area contributed by atoms with Crippen LogP contribution in [0.15, 0.2) is 54.7 Å². The van der Waals surface area contributed by atoms with Crippen molar-refractivity contribution in [2.75, 3.05) is 0 Å². The summed E-state index contributed by atoms with van der Waals surface area (Å²) >= 11 is 6.15. The standard InChI is InChI=1S/C26H25ClN2O/c1-3-23(30)25-24(19-11-13-20(27)14-12-19)21-6-4-5-15-28-22(16-29(25)26(21)28)18-9-7-17(2)8-10-18/h7-14,16H,3-6,15H2,1-2H3. The van der Waals surface area contributed by atoms with Crippen LogP contribution in [0.1, 0.15) is 47.8 Å². The van der Waals surface area contributed by atoms with Gasteiger partial charge in [0.05, 0.1) is 11.4 Å². The first-order valence-corrected chi connectivity index (χ1v) is 11.1. The molecule has 3 nitrogen and oxygen atoms in total. The zero-order valence-electron chi connectivity index (χ0n) is 17.4. The molecular weight excluding hydrogens is 392 g/mol. The molecule has 0 fully saturated rings. The fourth-order valence-corrected chi connectivity index (χ4v) is 4.84. The zero-order chi connectivity index (χ0) is 20.8. The van der Waals surface area contributed by atoms with Gasteiger partial charge in [0.15, 0.2) is 5.78 Å². The summed E-state index contributed by atoms with van der Waals surface area (Å²) < 4.78 is 4.57. The maximum atomic E-state index is 13.2. The van der Waals surface area contributed by atoms with Gasteiger partial charge in [-0.1, -0.05) is 60.5 Å². The van der Waals surface area contributed by atoms with Gasteiger partial charge in [0.1, 0.15) is 5.65 Å². The number of nitrogens with zero attached hydrogens (tertiary/aromatic N) is 2. The number of aryl methyl sites for hydroxylation is 3. The van der Waals surface area contributed by atoms with Gasteiger partial charge in [-0.3, -0.25) is 9.20 Å². The van der Waals surface area contributed by atoms with Crippen molar-refractivity contribution in [3.8, 4) is 22.4 Å². The molecule has 0 N–H and O–H groups in total. The molecule has 30 heavy (non-hydrogen) atoms. The lowest BCUT2D eigenvalue weighted by Gasteiger charge is -2.09. The average molecular weight is 417 g/mol. The Bertz CT molecular complexity index is 1240. The second kappa shape index (κ2) is 7.48. The smallest absolute Gasteiger partial charge is 0.179 e. The molecular formula is C26H25ClN2O. The largest absolute Gasteiger partial charge is 0.325 e.